The zero-order chi connectivity index (χ0) is 27.4. The molecule has 1 atom stereocenters. The van der Waals surface area contributed by atoms with Crippen LogP contribution in [0.1, 0.15) is 29.7 Å². The number of carbonyl (C=O) groups excluding carboxylic acids is 1. The maximum absolute atomic E-state index is 13.9. The van der Waals surface area contributed by atoms with Gasteiger partial charge in [0.05, 0.1) is 28.5 Å². The lowest BCUT2D eigenvalue weighted by Gasteiger charge is -2.25. The van der Waals surface area contributed by atoms with Gasteiger partial charge >= 0.3 is 5.97 Å². The van der Waals surface area contributed by atoms with Crippen molar-refractivity contribution in [2.45, 2.75) is 13.0 Å². The molecule has 39 heavy (non-hydrogen) atoms. The topological polar surface area (TPSA) is 69.9 Å². The first-order valence-electron chi connectivity index (χ1n) is 12.4. The maximum atomic E-state index is 13.9. The van der Waals surface area contributed by atoms with Gasteiger partial charge in [0.15, 0.2) is 4.80 Å². The van der Waals surface area contributed by atoms with Crippen molar-refractivity contribution in [3.05, 3.63) is 139 Å². The normalized spacial score (nSPS) is 14.9. The van der Waals surface area contributed by atoms with Gasteiger partial charge in [-0.3, -0.25) is 9.36 Å². The molecular formula is C31H25FN2O4S. The fourth-order valence-corrected chi connectivity index (χ4v) is 5.40. The van der Waals surface area contributed by atoms with E-state index in [0.717, 1.165) is 5.56 Å². The number of aromatic nitrogens is 1. The zero-order valence-corrected chi connectivity index (χ0v) is 22.0. The Labute approximate surface area is 228 Å². The van der Waals surface area contributed by atoms with Crippen LogP contribution in [0, 0.1) is 5.82 Å². The van der Waals surface area contributed by atoms with Crippen molar-refractivity contribution in [2.75, 3.05) is 13.2 Å². The summed E-state index contributed by atoms with van der Waals surface area (Å²) in [7, 11) is 0. The fourth-order valence-electron chi connectivity index (χ4n) is 4.40. The molecule has 0 amide bonds. The Bertz CT molecular complexity index is 1740. The van der Waals surface area contributed by atoms with Crippen LogP contribution in [0.2, 0.25) is 0 Å². The zero-order valence-electron chi connectivity index (χ0n) is 21.2. The molecule has 0 unspecified atom stereocenters. The van der Waals surface area contributed by atoms with Gasteiger partial charge in [-0.05, 0) is 48.4 Å². The molecule has 196 valence electrons. The van der Waals surface area contributed by atoms with Gasteiger partial charge in [0.2, 0.25) is 0 Å². The number of nitrogens with zero attached hydrogens (tertiary/aromatic N) is 2. The van der Waals surface area contributed by atoms with Crippen molar-refractivity contribution in [1.29, 1.82) is 0 Å². The predicted molar refractivity (Wildman–Crippen MR) is 150 cm³/mol. The number of ether oxygens (including phenoxy) is 2. The van der Waals surface area contributed by atoms with Crippen LogP contribution in [0.25, 0.3) is 11.8 Å². The molecule has 0 N–H and O–H groups in total. The number of halogens is 1. The van der Waals surface area contributed by atoms with E-state index in [-0.39, 0.29) is 17.7 Å². The first-order valence-corrected chi connectivity index (χ1v) is 13.2. The van der Waals surface area contributed by atoms with Gasteiger partial charge < -0.3 is 9.47 Å². The van der Waals surface area contributed by atoms with Gasteiger partial charge in [-0.25, -0.2) is 14.2 Å². The average molecular weight is 541 g/mol. The Morgan fingerprint density at radius 3 is 2.59 bits per heavy atom. The third kappa shape index (κ3) is 5.37. The monoisotopic (exact) mass is 540 g/mol. The van der Waals surface area contributed by atoms with Crippen LogP contribution in [0.5, 0.6) is 5.75 Å². The van der Waals surface area contributed by atoms with Gasteiger partial charge in [0, 0.05) is 5.56 Å². The minimum Gasteiger partial charge on any atom is -0.490 e. The summed E-state index contributed by atoms with van der Waals surface area (Å²) in [5.41, 5.74) is 2.35. The lowest BCUT2D eigenvalue weighted by molar-refractivity contribution is -0.138. The van der Waals surface area contributed by atoms with Gasteiger partial charge in [-0.15, -0.1) is 0 Å². The summed E-state index contributed by atoms with van der Waals surface area (Å²) < 4.78 is 26.9. The second kappa shape index (κ2) is 11.4. The van der Waals surface area contributed by atoms with Crippen LogP contribution in [0.3, 0.4) is 0 Å². The predicted octanol–water partition coefficient (Wildman–Crippen LogP) is 4.64. The average Bonchev–Trinajstić information content (AvgIpc) is 3.26. The Balaban J connectivity index is 1.76. The third-order valence-electron chi connectivity index (χ3n) is 6.08. The van der Waals surface area contributed by atoms with Crippen molar-refractivity contribution in [1.82, 2.24) is 4.57 Å². The molecule has 1 aliphatic heterocycles. The van der Waals surface area contributed by atoms with E-state index in [9.17, 15) is 14.0 Å². The molecule has 0 spiro atoms. The molecule has 4 aromatic rings. The molecular weight excluding hydrogens is 515 g/mol. The summed E-state index contributed by atoms with van der Waals surface area (Å²) in [6.45, 7) is 5.90. The lowest BCUT2D eigenvalue weighted by Crippen LogP contribution is -2.40. The molecule has 8 heteroatoms. The molecule has 0 aliphatic carbocycles. The van der Waals surface area contributed by atoms with Gasteiger partial charge in [0.25, 0.3) is 5.56 Å². The third-order valence-corrected chi connectivity index (χ3v) is 7.07. The highest BCUT2D eigenvalue weighted by Gasteiger charge is 2.35. The van der Waals surface area contributed by atoms with Crippen molar-refractivity contribution in [3.8, 4) is 5.75 Å². The Morgan fingerprint density at radius 1 is 1.10 bits per heavy atom. The number of esters is 1. The fraction of sp³-hybridized carbons (Fsp3) is 0.129. The van der Waals surface area contributed by atoms with Crippen molar-refractivity contribution < 1.29 is 18.7 Å². The van der Waals surface area contributed by atoms with E-state index in [1.165, 1.54) is 28.0 Å². The Kier molecular flexibility index (Phi) is 7.65. The van der Waals surface area contributed by atoms with Crippen molar-refractivity contribution >= 4 is 29.1 Å². The SMILES string of the molecule is C=CCOc1cccc(/C=c2\sc3n(c2=O)[C@H](c2ccc(F)cc2)C(C(=O)OCC)=C(c2ccccc2)N=3)c1. The Morgan fingerprint density at radius 2 is 1.87 bits per heavy atom. The maximum Gasteiger partial charge on any atom is 0.338 e. The van der Waals surface area contributed by atoms with Gasteiger partial charge in [-0.2, -0.15) is 0 Å². The van der Waals surface area contributed by atoms with E-state index >= 15 is 0 Å². The van der Waals surface area contributed by atoms with Crippen molar-refractivity contribution in [3.63, 3.8) is 0 Å². The number of hydrogen-bond donors (Lipinski definition) is 0. The van der Waals surface area contributed by atoms with Gasteiger partial charge in [-0.1, -0.05) is 78.6 Å². The largest absolute Gasteiger partial charge is 0.490 e. The minimum atomic E-state index is -0.861. The molecule has 1 aliphatic rings. The van der Waals surface area contributed by atoms with E-state index in [1.807, 2.05) is 54.6 Å². The highest BCUT2D eigenvalue weighted by atomic mass is 32.1. The highest BCUT2D eigenvalue weighted by molar-refractivity contribution is 7.07. The smallest absolute Gasteiger partial charge is 0.338 e. The standard InChI is InChI=1S/C31H25FN2O4S/c1-3-17-38-24-12-8-9-20(18-24)19-25-29(35)34-28(22-13-15-23(32)16-14-22)26(30(36)37-4-2)27(33-31(34)39-25)21-10-6-5-7-11-21/h3,5-16,18-19,28H,1,4,17H2,2H3/b25-19-/t28-/m1/s1. The van der Waals surface area contributed by atoms with Crippen LogP contribution >= 0.6 is 11.3 Å². The number of carbonyl (C=O) groups is 1. The van der Waals surface area contributed by atoms with Crippen molar-refractivity contribution in [2.24, 2.45) is 4.99 Å². The number of hydrogen-bond acceptors (Lipinski definition) is 6. The summed E-state index contributed by atoms with van der Waals surface area (Å²) >= 11 is 1.22. The van der Waals surface area contributed by atoms with E-state index in [4.69, 9.17) is 14.5 Å². The van der Waals surface area contributed by atoms with Crippen LogP contribution in [-0.4, -0.2) is 23.8 Å². The molecule has 0 saturated heterocycles. The van der Waals surface area contributed by atoms with Crippen LogP contribution in [-0.2, 0) is 9.53 Å². The van der Waals surface area contributed by atoms with E-state index < -0.39 is 17.8 Å². The summed E-state index contributed by atoms with van der Waals surface area (Å²) in [5, 5.41) is 0. The number of fused-ring (bicyclic) bond motifs is 1. The molecule has 6 nitrogen and oxygen atoms in total. The second-order valence-electron chi connectivity index (χ2n) is 8.66. The summed E-state index contributed by atoms with van der Waals surface area (Å²) in [5.74, 6) is -0.359. The molecule has 0 fully saturated rings. The van der Waals surface area contributed by atoms with Crippen LogP contribution in [0.4, 0.5) is 4.39 Å². The molecule has 0 bridgehead atoms. The summed E-state index contributed by atoms with van der Waals surface area (Å²) in [6.07, 6.45) is 3.42. The molecule has 2 heterocycles. The second-order valence-corrected chi connectivity index (χ2v) is 9.66. The van der Waals surface area contributed by atoms with Gasteiger partial charge in [0.1, 0.15) is 18.2 Å². The molecule has 5 rings (SSSR count). The van der Waals surface area contributed by atoms with E-state index in [2.05, 4.69) is 6.58 Å². The number of thiazole rings is 1. The highest BCUT2D eigenvalue weighted by Crippen LogP contribution is 2.35. The van der Waals surface area contributed by atoms with E-state index in [1.54, 1.807) is 31.2 Å². The first kappa shape index (κ1) is 26.1. The lowest BCUT2D eigenvalue weighted by atomic mass is 9.93. The van der Waals surface area contributed by atoms with Crippen LogP contribution < -0.4 is 19.6 Å². The summed E-state index contributed by atoms with van der Waals surface area (Å²) in [4.78, 5) is 32.5. The van der Waals surface area contributed by atoms with Crippen LogP contribution in [0.15, 0.2) is 107 Å². The quantitative estimate of drug-likeness (QED) is 0.241. The molecule has 0 radical (unpaired) electrons. The summed E-state index contributed by atoms with van der Waals surface area (Å²) in [6, 6.07) is 21.6. The minimum absolute atomic E-state index is 0.148. The number of rotatable bonds is 8. The molecule has 0 saturated carbocycles. The number of benzene rings is 3. The van der Waals surface area contributed by atoms with E-state index in [0.29, 0.717) is 38.5 Å². The molecule has 3 aromatic carbocycles. The Hall–Kier alpha value is -4.56. The first-order chi connectivity index (χ1) is 19.0. The molecule has 1 aromatic heterocycles.